The van der Waals surface area contributed by atoms with Crippen molar-refractivity contribution in [2.24, 2.45) is 0 Å². The number of ether oxygens (including phenoxy) is 1. The van der Waals surface area contributed by atoms with Crippen LogP contribution in [0.4, 0.5) is 0 Å². The average Bonchev–Trinajstić information content (AvgIpc) is 2.40. The number of pyridine rings is 1. The summed E-state index contributed by atoms with van der Waals surface area (Å²) in [4.78, 5) is 9.20. The predicted octanol–water partition coefficient (Wildman–Crippen LogP) is 1.23. The van der Waals surface area contributed by atoms with Gasteiger partial charge in [-0.05, 0) is 26.1 Å². The van der Waals surface area contributed by atoms with Gasteiger partial charge in [0.05, 0.1) is 18.9 Å². The van der Waals surface area contributed by atoms with Crippen LogP contribution in [0.2, 0.25) is 0 Å². The van der Waals surface area contributed by atoms with Gasteiger partial charge < -0.3 is 4.74 Å². The van der Waals surface area contributed by atoms with Crippen molar-refractivity contribution in [3.8, 4) is 0 Å². The van der Waals surface area contributed by atoms with Gasteiger partial charge in [-0.3, -0.25) is 14.8 Å². The van der Waals surface area contributed by atoms with Crippen molar-refractivity contribution in [2.75, 3.05) is 39.9 Å². The summed E-state index contributed by atoms with van der Waals surface area (Å²) in [5.41, 5.74) is 1.13. The highest BCUT2D eigenvalue weighted by Gasteiger charge is 2.18. The minimum absolute atomic E-state index is 0.572. The minimum atomic E-state index is 0.572. The zero-order valence-electron chi connectivity index (χ0n) is 11.4. The summed E-state index contributed by atoms with van der Waals surface area (Å²) in [5.74, 6) is 0. The highest BCUT2D eigenvalue weighted by molar-refractivity contribution is 5.03. The van der Waals surface area contributed by atoms with Gasteiger partial charge in [0.1, 0.15) is 0 Å². The first kappa shape index (κ1) is 13.5. The van der Waals surface area contributed by atoms with E-state index in [1.54, 1.807) is 0 Å². The molecule has 0 aromatic carbocycles. The van der Waals surface area contributed by atoms with Gasteiger partial charge in [0.15, 0.2) is 0 Å². The van der Waals surface area contributed by atoms with Gasteiger partial charge >= 0.3 is 0 Å². The molecule has 100 valence electrons. The van der Waals surface area contributed by atoms with Gasteiger partial charge in [0.25, 0.3) is 0 Å². The van der Waals surface area contributed by atoms with Crippen molar-refractivity contribution in [2.45, 2.75) is 19.5 Å². The molecule has 1 aromatic heterocycles. The number of morpholine rings is 1. The Hall–Kier alpha value is -0.970. The second-order valence-electron chi connectivity index (χ2n) is 5.02. The Morgan fingerprint density at radius 1 is 1.39 bits per heavy atom. The maximum Gasteiger partial charge on any atom is 0.0594 e. The topological polar surface area (TPSA) is 28.6 Å². The summed E-state index contributed by atoms with van der Waals surface area (Å²) in [7, 11) is 2.16. The molecule has 18 heavy (non-hydrogen) atoms. The molecule has 0 N–H and O–H groups in total. The maximum absolute atomic E-state index is 5.39. The van der Waals surface area contributed by atoms with Gasteiger partial charge in [-0.15, -0.1) is 0 Å². The Balaban J connectivity index is 1.77. The Kier molecular flexibility index (Phi) is 5.11. The molecular formula is C14H23N3O. The number of rotatable bonds is 5. The van der Waals surface area contributed by atoms with Gasteiger partial charge in [-0.1, -0.05) is 6.07 Å². The van der Waals surface area contributed by atoms with Crippen molar-refractivity contribution in [3.05, 3.63) is 30.1 Å². The van der Waals surface area contributed by atoms with E-state index in [0.29, 0.717) is 6.04 Å². The van der Waals surface area contributed by atoms with E-state index in [2.05, 4.69) is 34.8 Å². The SMILES string of the molecule is CC(CN(C)Cc1ccccn1)N1CCOCC1. The Labute approximate surface area is 110 Å². The Bertz CT molecular complexity index is 338. The van der Waals surface area contributed by atoms with Crippen molar-refractivity contribution in [3.63, 3.8) is 0 Å². The predicted molar refractivity (Wildman–Crippen MR) is 72.4 cm³/mol. The molecule has 1 aliphatic rings. The normalized spacial score (nSPS) is 19.1. The fraction of sp³-hybridized carbons (Fsp3) is 0.643. The zero-order valence-corrected chi connectivity index (χ0v) is 11.4. The number of hydrogen-bond donors (Lipinski definition) is 0. The van der Waals surface area contributed by atoms with Crippen LogP contribution in [-0.4, -0.2) is 60.7 Å². The molecule has 2 heterocycles. The molecular weight excluding hydrogens is 226 g/mol. The van der Waals surface area contributed by atoms with E-state index < -0.39 is 0 Å². The first-order chi connectivity index (χ1) is 8.75. The number of hydrogen-bond acceptors (Lipinski definition) is 4. The molecule has 1 atom stereocenters. The molecule has 1 unspecified atom stereocenters. The lowest BCUT2D eigenvalue weighted by molar-refractivity contribution is 0.0136. The summed E-state index contributed by atoms with van der Waals surface area (Å²) in [6.45, 7) is 8.12. The van der Waals surface area contributed by atoms with Crippen LogP contribution in [0, 0.1) is 0 Å². The molecule has 0 aliphatic carbocycles. The third-order valence-corrected chi connectivity index (χ3v) is 3.40. The number of aromatic nitrogens is 1. The minimum Gasteiger partial charge on any atom is -0.379 e. The largest absolute Gasteiger partial charge is 0.379 e. The standard InChI is InChI=1S/C14H23N3O/c1-13(17-7-9-18-10-8-17)11-16(2)12-14-5-3-4-6-15-14/h3-6,13H,7-12H2,1-2H3. The van der Waals surface area contributed by atoms with Crippen LogP contribution >= 0.6 is 0 Å². The quantitative estimate of drug-likeness (QED) is 0.785. The van der Waals surface area contributed by atoms with E-state index in [-0.39, 0.29) is 0 Å². The van der Waals surface area contributed by atoms with Gasteiger partial charge in [-0.25, -0.2) is 0 Å². The summed E-state index contributed by atoms with van der Waals surface area (Å²) >= 11 is 0. The first-order valence-corrected chi connectivity index (χ1v) is 6.66. The van der Waals surface area contributed by atoms with E-state index >= 15 is 0 Å². The lowest BCUT2D eigenvalue weighted by Crippen LogP contribution is -2.46. The Morgan fingerprint density at radius 3 is 2.83 bits per heavy atom. The van der Waals surface area contributed by atoms with Crippen molar-refractivity contribution in [1.29, 1.82) is 0 Å². The van der Waals surface area contributed by atoms with Gasteiger partial charge in [0, 0.05) is 38.4 Å². The smallest absolute Gasteiger partial charge is 0.0594 e. The van der Waals surface area contributed by atoms with E-state index in [1.165, 1.54) is 0 Å². The van der Waals surface area contributed by atoms with E-state index in [1.807, 2.05) is 18.3 Å². The van der Waals surface area contributed by atoms with Crippen LogP contribution in [-0.2, 0) is 11.3 Å². The monoisotopic (exact) mass is 249 g/mol. The van der Waals surface area contributed by atoms with E-state index in [9.17, 15) is 0 Å². The molecule has 0 saturated carbocycles. The second-order valence-corrected chi connectivity index (χ2v) is 5.02. The molecule has 1 saturated heterocycles. The fourth-order valence-corrected chi connectivity index (χ4v) is 2.42. The van der Waals surface area contributed by atoms with E-state index in [4.69, 9.17) is 4.74 Å². The molecule has 0 spiro atoms. The number of likely N-dealkylation sites (N-methyl/N-ethyl adjacent to an activating group) is 1. The zero-order chi connectivity index (χ0) is 12.8. The molecule has 1 aliphatic heterocycles. The molecule has 0 radical (unpaired) electrons. The maximum atomic E-state index is 5.39. The lowest BCUT2D eigenvalue weighted by Gasteiger charge is -2.34. The third-order valence-electron chi connectivity index (χ3n) is 3.40. The lowest BCUT2D eigenvalue weighted by atomic mass is 10.2. The van der Waals surface area contributed by atoms with Crippen molar-refractivity contribution in [1.82, 2.24) is 14.8 Å². The summed E-state index contributed by atoms with van der Waals surface area (Å²) in [6.07, 6.45) is 1.86. The molecule has 1 aromatic rings. The van der Waals surface area contributed by atoms with Crippen LogP contribution in [0.15, 0.2) is 24.4 Å². The fourth-order valence-electron chi connectivity index (χ4n) is 2.42. The average molecular weight is 249 g/mol. The van der Waals surface area contributed by atoms with Crippen molar-refractivity contribution < 1.29 is 4.74 Å². The first-order valence-electron chi connectivity index (χ1n) is 6.66. The van der Waals surface area contributed by atoms with Crippen LogP contribution in [0.5, 0.6) is 0 Å². The summed E-state index contributed by atoms with van der Waals surface area (Å²) < 4.78 is 5.39. The second kappa shape index (κ2) is 6.83. The highest BCUT2D eigenvalue weighted by Crippen LogP contribution is 2.06. The Morgan fingerprint density at radius 2 is 2.17 bits per heavy atom. The van der Waals surface area contributed by atoms with Crippen LogP contribution in [0.25, 0.3) is 0 Å². The van der Waals surface area contributed by atoms with Crippen LogP contribution < -0.4 is 0 Å². The van der Waals surface area contributed by atoms with Gasteiger partial charge in [-0.2, -0.15) is 0 Å². The van der Waals surface area contributed by atoms with Crippen LogP contribution in [0.1, 0.15) is 12.6 Å². The third kappa shape index (κ3) is 4.05. The molecule has 0 amide bonds. The molecule has 0 bridgehead atoms. The van der Waals surface area contributed by atoms with E-state index in [0.717, 1.165) is 45.1 Å². The summed E-state index contributed by atoms with van der Waals surface area (Å²) in [6, 6.07) is 6.65. The number of nitrogens with zero attached hydrogens (tertiary/aromatic N) is 3. The van der Waals surface area contributed by atoms with Crippen molar-refractivity contribution >= 4 is 0 Å². The summed E-state index contributed by atoms with van der Waals surface area (Å²) in [5, 5.41) is 0. The van der Waals surface area contributed by atoms with Crippen LogP contribution in [0.3, 0.4) is 0 Å². The molecule has 2 rings (SSSR count). The molecule has 1 fully saturated rings. The molecule has 4 nitrogen and oxygen atoms in total. The highest BCUT2D eigenvalue weighted by atomic mass is 16.5. The van der Waals surface area contributed by atoms with Gasteiger partial charge in [0.2, 0.25) is 0 Å². The molecule has 4 heteroatoms.